The Bertz CT molecular complexity index is 1130. The number of rotatable bonds is 5. The Morgan fingerprint density at radius 3 is 2.33 bits per heavy atom. The number of nitrogens with two attached hydrogens (primary N) is 1. The van der Waals surface area contributed by atoms with Crippen LogP contribution in [-0.2, 0) is 4.79 Å². The van der Waals surface area contributed by atoms with Crippen LogP contribution in [0.5, 0.6) is 0 Å². The number of carbonyl (C=O) groups is 1. The van der Waals surface area contributed by atoms with Gasteiger partial charge in [-0.15, -0.1) is 0 Å². The molecule has 7 rings (SSSR count). The summed E-state index contributed by atoms with van der Waals surface area (Å²) in [6.07, 6.45) is 17.3. The predicted octanol–water partition coefficient (Wildman–Crippen LogP) is 4.35. The molecular weight excluding hydrogens is 534 g/mol. The number of nitrogens with zero attached hydrogens (tertiary/aromatic N) is 2. The minimum Gasteiger partial charge on any atom is -0.314 e. The highest BCUT2D eigenvalue weighted by Gasteiger charge is 2.62. The SMILES string of the molecule is Cc1ccccc1N1C(=O)C2(C3CCCCC3)C(C)CCCC2NC1CN1CNC2(C3CCCCCC3)C(N)NCNC12. The van der Waals surface area contributed by atoms with E-state index in [1.807, 2.05) is 0 Å². The molecule has 0 spiro atoms. The molecule has 1 aromatic rings. The van der Waals surface area contributed by atoms with E-state index in [0.29, 0.717) is 30.3 Å². The normalized spacial score (nSPS) is 40.2. The van der Waals surface area contributed by atoms with Crippen molar-refractivity contribution < 1.29 is 4.79 Å². The Kier molecular flexibility index (Phi) is 8.64. The van der Waals surface area contributed by atoms with Gasteiger partial charge in [0.1, 0.15) is 6.17 Å². The van der Waals surface area contributed by atoms with Crippen LogP contribution in [0.1, 0.15) is 102 Å². The van der Waals surface area contributed by atoms with E-state index in [0.717, 1.165) is 31.7 Å². The number of nitrogens with one attached hydrogen (secondary N) is 4. The van der Waals surface area contributed by atoms with E-state index >= 15 is 4.79 Å². The molecule has 6 fully saturated rings. The van der Waals surface area contributed by atoms with Gasteiger partial charge in [-0.2, -0.15) is 0 Å². The molecule has 1 aromatic carbocycles. The van der Waals surface area contributed by atoms with Crippen molar-refractivity contribution in [2.24, 2.45) is 28.9 Å². The maximum atomic E-state index is 15.4. The third-order valence-corrected chi connectivity index (χ3v) is 12.9. The number of amides is 1. The summed E-state index contributed by atoms with van der Waals surface area (Å²) in [4.78, 5) is 20.2. The Morgan fingerprint density at radius 1 is 0.884 bits per heavy atom. The van der Waals surface area contributed by atoms with Crippen LogP contribution in [0.2, 0.25) is 0 Å². The van der Waals surface area contributed by atoms with Gasteiger partial charge in [-0.05, 0) is 74.8 Å². The molecule has 7 atom stereocenters. The lowest BCUT2D eigenvalue weighted by Gasteiger charge is -2.60. The van der Waals surface area contributed by atoms with E-state index in [-0.39, 0.29) is 35.5 Å². The van der Waals surface area contributed by atoms with Crippen LogP contribution in [0.15, 0.2) is 24.3 Å². The Morgan fingerprint density at radius 2 is 1.58 bits per heavy atom. The van der Waals surface area contributed by atoms with Gasteiger partial charge < -0.3 is 5.73 Å². The number of para-hydroxylation sites is 1. The first kappa shape index (κ1) is 30.1. The average molecular weight is 592 g/mol. The Hall–Kier alpha value is -1.55. The second kappa shape index (κ2) is 12.3. The van der Waals surface area contributed by atoms with Crippen LogP contribution >= 0.6 is 0 Å². The first-order valence-corrected chi connectivity index (χ1v) is 17.8. The van der Waals surface area contributed by atoms with Crippen molar-refractivity contribution in [3.63, 3.8) is 0 Å². The summed E-state index contributed by atoms with van der Waals surface area (Å²) in [5.74, 6) is 1.79. The monoisotopic (exact) mass is 591 g/mol. The van der Waals surface area contributed by atoms with E-state index in [4.69, 9.17) is 5.73 Å². The van der Waals surface area contributed by atoms with Crippen LogP contribution in [0.25, 0.3) is 0 Å². The minimum absolute atomic E-state index is 0.0831. The first-order valence-electron chi connectivity index (χ1n) is 17.8. The molecule has 7 unspecified atom stereocenters. The molecule has 0 radical (unpaired) electrons. The molecule has 238 valence electrons. The molecule has 0 bridgehead atoms. The van der Waals surface area contributed by atoms with Gasteiger partial charge in [0.15, 0.2) is 0 Å². The molecule has 6 N–H and O–H groups in total. The largest absolute Gasteiger partial charge is 0.314 e. The van der Waals surface area contributed by atoms with Crippen LogP contribution in [0, 0.1) is 30.1 Å². The number of hydrogen-bond donors (Lipinski definition) is 5. The quantitative estimate of drug-likeness (QED) is 0.325. The second-order valence-corrected chi connectivity index (χ2v) is 15.0. The predicted molar refractivity (Wildman–Crippen MR) is 173 cm³/mol. The van der Waals surface area contributed by atoms with Crippen molar-refractivity contribution in [2.75, 3.05) is 24.8 Å². The van der Waals surface area contributed by atoms with Crippen LogP contribution in [-0.4, -0.2) is 60.8 Å². The summed E-state index contributed by atoms with van der Waals surface area (Å²) in [5.41, 5.74) is 8.70. The molecule has 43 heavy (non-hydrogen) atoms. The smallest absolute Gasteiger partial charge is 0.236 e. The number of anilines is 1. The zero-order valence-corrected chi connectivity index (χ0v) is 26.8. The van der Waals surface area contributed by atoms with Crippen molar-refractivity contribution in [3.05, 3.63) is 29.8 Å². The Balaban J connectivity index is 1.24. The fourth-order valence-corrected chi connectivity index (χ4v) is 10.9. The molecule has 3 saturated heterocycles. The van der Waals surface area contributed by atoms with Crippen molar-refractivity contribution in [2.45, 2.75) is 134 Å². The third kappa shape index (κ3) is 4.90. The molecule has 8 nitrogen and oxygen atoms in total. The fourth-order valence-electron chi connectivity index (χ4n) is 10.9. The topological polar surface area (TPSA) is 97.7 Å². The lowest BCUT2D eigenvalue weighted by Crippen LogP contribution is -2.79. The number of benzene rings is 1. The summed E-state index contributed by atoms with van der Waals surface area (Å²) in [7, 11) is 0. The number of aryl methyl sites for hydroxylation is 1. The maximum Gasteiger partial charge on any atom is 0.236 e. The molecule has 6 aliphatic rings. The van der Waals surface area contributed by atoms with Crippen LogP contribution in [0.3, 0.4) is 0 Å². The van der Waals surface area contributed by atoms with Gasteiger partial charge >= 0.3 is 0 Å². The molecule has 8 heteroatoms. The highest BCUT2D eigenvalue weighted by Crippen LogP contribution is 2.55. The number of fused-ring (bicyclic) bond motifs is 2. The molecular formula is C35H57N7O. The summed E-state index contributed by atoms with van der Waals surface area (Å²) in [5, 5.41) is 15.6. The van der Waals surface area contributed by atoms with E-state index < -0.39 is 0 Å². The van der Waals surface area contributed by atoms with Crippen LogP contribution in [0.4, 0.5) is 5.69 Å². The second-order valence-electron chi connectivity index (χ2n) is 15.0. The lowest BCUT2D eigenvalue weighted by atomic mass is 9.53. The van der Waals surface area contributed by atoms with E-state index in [2.05, 4.69) is 69.2 Å². The summed E-state index contributed by atoms with van der Waals surface area (Å²) in [6, 6.07) is 8.80. The van der Waals surface area contributed by atoms with Crippen molar-refractivity contribution in [1.82, 2.24) is 26.2 Å². The van der Waals surface area contributed by atoms with E-state index in [9.17, 15) is 0 Å². The number of hydrogen-bond acceptors (Lipinski definition) is 7. The van der Waals surface area contributed by atoms with Crippen molar-refractivity contribution >= 4 is 11.6 Å². The standard InChI is InChI=1S/C35H57N7O/c1-24-13-10-11-19-28(24)42-30(40-29-20-12-14-25(2)34(29,33(42)43)26-15-8-5-9-16-26)21-41-23-39-35(27-17-6-3-4-7-18-27)31(36)37-22-38-32(35)41/h10-11,13,19,25-27,29-32,37-40H,3-9,12,14-18,20-23,36H2,1-2H3. The third-order valence-electron chi connectivity index (χ3n) is 12.9. The summed E-state index contributed by atoms with van der Waals surface area (Å²) in [6.45, 7) is 6.83. The summed E-state index contributed by atoms with van der Waals surface area (Å²) < 4.78 is 0. The van der Waals surface area contributed by atoms with Gasteiger partial charge in [-0.1, -0.05) is 76.5 Å². The highest BCUT2D eigenvalue weighted by atomic mass is 16.2. The molecule has 3 aliphatic heterocycles. The highest BCUT2D eigenvalue weighted by molar-refractivity contribution is 6.00. The van der Waals surface area contributed by atoms with Gasteiger partial charge in [0, 0.05) is 24.9 Å². The fraction of sp³-hybridized carbons (Fsp3) is 0.800. The summed E-state index contributed by atoms with van der Waals surface area (Å²) >= 11 is 0. The van der Waals surface area contributed by atoms with E-state index in [1.54, 1.807) is 0 Å². The first-order chi connectivity index (χ1) is 21.0. The zero-order chi connectivity index (χ0) is 29.6. The number of carbonyl (C=O) groups excluding carboxylic acids is 1. The lowest BCUT2D eigenvalue weighted by molar-refractivity contribution is -0.149. The molecule has 3 heterocycles. The van der Waals surface area contributed by atoms with Gasteiger partial charge in [0.05, 0.1) is 30.0 Å². The minimum atomic E-state index is -0.319. The molecule has 3 aliphatic carbocycles. The van der Waals surface area contributed by atoms with Gasteiger partial charge in [0.2, 0.25) is 5.91 Å². The van der Waals surface area contributed by atoms with Gasteiger partial charge in [0.25, 0.3) is 0 Å². The maximum absolute atomic E-state index is 15.4. The van der Waals surface area contributed by atoms with Crippen molar-refractivity contribution in [3.8, 4) is 0 Å². The Labute approximate surface area is 259 Å². The molecule has 0 aromatic heterocycles. The van der Waals surface area contributed by atoms with E-state index in [1.165, 1.54) is 82.6 Å². The average Bonchev–Trinajstić information content (AvgIpc) is 3.18. The molecule has 3 saturated carbocycles. The van der Waals surface area contributed by atoms with Crippen LogP contribution < -0.4 is 31.9 Å². The van der Waals surface area contributed by atoms with Gasteiger partial charge in [-0.25, -0.2) is 0 Å². The van der Waals surface area contributed by atoms with Gasteiger partial charge in [-0.3, -0.25) is 35.9 Å². The zero-order valence-electron chi connectivity index (χ0n) is 26.8. The van der Waals surface area contributed by atoms with Crippen molar-refractivity contribution in [1.29, 1.82) is 0 Å². The molecule has 1 amide bonds.